The van der Waals surface area contributed by atoms with Crippen molar-refractivity contribution in [2.75, 3.05) is 38.6 Å². The highest BCUT2D eigenvalue weighted by Gasteiger charge is 2.34. The zero-order chi connectivity index (χ0) is 56.2. The molecule has 0 radical (unpaired) electrons. The van der Waals surface area contributed by atoms with Crippen LogP contribution < -0.4 is 65.5 Å². The number of primary amides is 1. The summed E-state index contributed by atoms with van der Waals surface area (Å²) in [6, 6.07) is 15.1. The van der Waals surface area contributed by atoms with Gasteiger partial charge in [-0.05, 0) is 117 Å². The molecular weight excluding hydrogens is 977 g/mol. The van der Waals surface area contributed by atoms with Crippen LogP contribution in [0.3, 0.4) is 0 Å². The minimum Gasteiger partial charge on any atom is -0.508 e. The van der Waals surface area contributed by atoms with Crippen LogP contribution in [0.5, 0.6) is 5.75 Å². The Kier molecular flexibility index (Phi) is 26.7. The number of nitrogens with one attached hydrogen (secondary N) is 6. The summed E-state index contributed by atoms with van der Waals surface area (Å²) in [7, 11) is 3.92. The SMILES string of the molecule is CC[C@H](C)[C@H](NC(=O)[C@H](CCCN=C(N)N)NC(C)=O)C(=O)N[C@@H](CCCCNC(=O)CCc1ccc(N=Nc2ccc(N(C)C)cc2)cc1)C(=O)N[C@@H](CCCN=C(N)N)C(=O)N[C@@H](Cc1ccc(O)cc1)C(N)=O. The molecule has 17 N–H and O–H groups in total. The fourth-order valence-electron chi connectivity index (χ4n) is 7.62. The lowest BCUT2D eigenvalue weighted by Crippen LogP contribution is -2.60. The van der Waals surface area contributed by atoms with Crippen molar-refractivity contribution in [3.8, 4) is 5.75 Å². The molecule has 0 heterocycles. The molecule has 24 nitrogen and oxygen atoms in total. The number of guanidine groups is 2. The summed E-state index contributed by atoms with van der Waals surface area (Å²) < 4.78 is 0. The van der Waals surface area contributed by atoms with Gasteiger partial charge in [0.15, 0.2) is 11.9 Å². The highest BCUT2D eigenvalue weighted by molar-refractivity contribution is 5.96. The van der Waals surface area contributed by atoms with Crippen molar-refractivity contribution < 1.29 is 38.7 Å². The molecule has 0 aliphatic heterocycles. The van der Waals surface area contributed by atoms with Crippen LogP contribution in [-0.2, 0) is 46.4 Å². The molecule has 3 aromatic carbocycles. The van der Waals surface area contributed by atoms with Gasteiger partial charge in [0.25, 0.3) is 0 Å². The van der Waals surface area contributed by atoms with Gasteiger partial charge in [-0.25, -0.2) is 0 Å². The third-order valence-electron chi connectivity index (χ3n) is 12.1. The number of aryl methyl sites for hydroxylation is 1. The van der Waals surface area contributed by atoms with Gasteiger partial charge in [-0.15, -0.1) is 0 Å². The number of carbonyl (C=O) groups excluding carboxylic acids is 7. The minimum atomic E-state index is -1.28. The average Bonchev–Trinajstić information content (AvgIpc) is 3.37. The first-order valence-corrected chi connectivity index (χ1v) is 25.4. The Hall–Kier alpha value is -8.31. The van der Waals surface area contributed by atoms with Crippen LogP contribution in [0.15, 0.2) is 93.0 Å². The number of nitrogens with two attached hydrogens (primary N) is 5. The fraction of sp³-hybridized carbons (Fsp3) is 0.481. The van der Waals surface area contributed by atoms with Gasteiger partial charge in [-0.1, -0.05) is 44.5 Å². The molecule has 0 saturated heterocycles. The second-order valence-electron chi connectivity index (χ2n) is 18.6. The van der Waals surface area contributed by atoms with Crippen LogP contribution in [-0.4, -0.2) is 122 Å². The van der Waals surface area contributed by atoms with E-state index in [1.807, 2.05) is 74.4 Å². The molecule has 6 atom stereocenters. The maximum absolute atomic E-state index is 14.4. The number of rotatable bonds is 33. The molecular formula is C52H78N16O8. The number of aliphatic imine (C=N–C) groups is 2. The number of carbonyl (C=O) groups is 7. The van der Waals surface area contributed by atoms with E-state index < -0.39 is 71.6 Å². The van der Waals surface area contributed by atoms with Crippen molar-refractivity contribution in [2.24, 2.45) is 54.8 Å². The number of amides is 7. The molecule has 0 unspecified atom stereocenters. The summed E-state index contributed by atoms with van der Waals surface area (Å²) >= 11 is 0. The lowest BCUT2D eigenvalue weighted by Gasteiger charge is -2.29. The number of hydrogen-bond donors (Lipinski definition) is 12. The fourth-order valence-corrected chi connectivity index (χ4v) is 7.62. The van der Waals surface area contributed by atoms with Gasteiger partial charge in [0.1, 0.15) is 36.0 Å². The van der Waals surface area contributed by atoms with Gasteiger partial charge >= 0.3 is 0 Å². The third-order valence-corrected chi connectivity index (χ3v) is 12.1. The monoisotopic (exact) mass is 1050 g/mol. The number of azo groups is 1. The van der Waals surface area contributed by atoms with Crippen molar-refractivity contribution in [3.05, 3.63) is 83.9 Å². The summed E-state index contributed by atoms with van der Waals surface area (Å²) in [6.07, 6.45) is 2.50. The average molecular weight is 1060 g/mol. The highest BCUT2D eigenvalue weighted by Crippen LogP contribution is 2.22. The Morgan fingerprint density at radius 1 is 0.592 bits per heavy atom. The molecule has 0 aromatic heterocycles. The number of benzene rings is 3. The number of phenols is 1. The molecule has 0 aliphatic rings. The van der Waals surface area contributed by atoms with Gasteiger partial charge in [0.05, 0.1) is 11.4 Å². The van der Waals surface area contributed by atoms with E-state index >= 15 is 0 Å². The highest BCUT2D eigenvalue weighted by atomic mass is 16.3. The molecule has 0 bridgehead atoms. The Balaban J connectivity index is 1.78. The molecule has 24 heteroatoms. The third kappa shape index (κ3) is 23.7. The summed E-state index contributed by atoms with van der Waals surface area (Å²) in [5.41, 5.74) is 31.6. The summed E-state index contributed by atoms with van der Waals surface area (Å²) in [4.78, 5) is 104. The van der Waals surface area contributed by atoms with E-state index in [0.29, 0.717) is 43.4 Å². The van der Waals surface area contributed by atoms with Crippen molar-refractivity contribution in [3.63, 3.8) is 0 Å². The van der Waals surface area contributed by atoms with Crippen LogP contribution in [0.4, 0.5) is 17.1 Å². The maximum Gasteiger partial charge on any atom is 0.243 e. The standard InChI is InChI=1S/C52H78N16O8/c1-6-32(2)45(65-49(75)40(61-33(3)69)12-9-29-59-51(54)55)50(76)63-41(47(73)62-42(13-10-30-60-52(56)57)48(74)64-43(46(53)72)31-35-16-25-39(70)26-17-35)11-7-8-28-58-44(71)27-18-34-14-19-36(20-15-34)66-67-37-21-23-38(24-22-37)68(4)5/h14-17,19-26,32,40-43,45,70H,6-13,18,27-31H2,1-5H3,(H2,53,72)(H,58,71)(H,61,69)(H,62,73)(H,63,76)(H,64,74)(H,65,75)(H4,54,55,59)(H4,56,57,60)/t32-,40-,41-,42-,43-,45-/m0/s1. The molecule has 3 rings (SSSR count). The zero-order valence-electron chi connectivity index (χ0n) is 44.2. The zero-order valence-corrected chi connectivity index (χ0v) is 44.2. The number of aromatic hydroxyl groups is 1. The lowest BCUT2D eigenvalue weighted by atomic mass is 9.96. The Bertz CT molecular complexity index is 2440. The Morgan fingerprint density at radius 2 is 1.07 bits per heavy atom. The van der Waals surface area contributed by atoms with E-state index in [4.69, 9.17) is 28.7 Å². The van der Waals surface area contributed by atoms with Gasteiger partial charge < -0.3 is 70.6 Å². The first-order chi connectivity index (χ1) is 36.1. The van der Waals surface area contributed by atoms with Crippen molar-refractivity contribution in [2.45, 2.75) is 122 Å². The van der Waals surface area contributed by atoms with Crippen LogP contribution in [0, 0.1) is 5.92 Å². The van der Waals surface area contributed by atoms with Crippen LogP contribution in [0.25, 0.3) is 0 Å². The summed E-state index contributed by atoms with van der Waals surface area (Å²) in [5.74, 6) is -5.18. The second kappa shape index (κ2) is 32.8. The predicted molar refractivity (Wildman–Crippen MR) is 292 cm³/mol. The maximum atomic E-state index is 14.4. The number of hydrogen-bond acceptors (Lipinski definition) is 13. The number of anilines is 1. The quantitative estimate of drug-likeness (QED) is 0.0178. The smallest absolute Gasteiger partial charge is 0.243 e. The molecule has 0 fully saturated rings. The molecule has 0 spiro atoms. The van der Waals surface area contributed by atoms with Crippen molar-refractivity contribution >= 4 is 70.3 Å². The Morgan fingerprint density at radius 3 is 1.57 bits per heavy atom. The van der Waals surface area contributed by atoms with E-state index in [1.54, 1.807) is 19.1 Å². The molecule has 0 aliphatic carbocycles. The van der Waals surface area contributed by atoms with E-state index in [-0.39, 0.29) is 81.7 Å². The number of phenolic OH excluding ortho intramolecular Hbond substituents is 1. The van der Waals surface area contributed by atoms with E-state index in [9.17, 15) is 38.7 Å². The first-order valence-electron chi connectivity index (χ1n) is 25.4. The largest absolute Gasteiger partial charge is 0.508 e. The summed E-state index contributed by atoms with van der Waals surface area (Å²) in [6.45, 7) is 5.35. The van der Waals surface area contributed by atoms with Crippen molar-refractivity contribution in [1.29, 1.82) is 0 Å². The van der Waals surface area contributed by atoms with Crippen molar-refractivity contribution in [1.82, 2.24) is 31.9 Å². The van der Waals surface area contributed by atoms with Gasteiger partial charge in [-0.3, -0.25) is 43.5 Å². The van der Waals surface area contributed by atoms with Gasteiger partial charge in [0.2, 0.25) is 41.4 Å². The lowest BCUT2D eigenvalue weighted by molar-refractivity contribution is -0.135. The van der Waals surface area contributed by atoms with E-state index in [2.05, 4.69) is 52.1 Å². The summed E-state index contributed by atoms with van der Waals surface area (Å²) in [5, 5.41) is 34.8. The van der Waals surface area contributed by atoms with Gasteiger partial charge in [0, 0.05) is 59.2 Å². The molecule has 0 saturated carbocycles. The van der Waals surface area contributed by atoms with E-state index in [1.165, 1.54) is 19.1 Å². The first kappa shape index (κ1) is 62.0. The van der Waals surface area contributed by atoms with E-state index in [0.717, 1.165) is 16.9 Å². The molecule has 7 amide bonds. The molecule has 414 valence electrons. The predicted octanol–water partition coefficient (Wildman–Crippen LogP) is 1.42. The van der Waals surface area contributed by atoms with Crippen LogP contribution in [0.2, 0.25) is 0 Å². The second-order valence-corrected chi connectivity index (χ2v) is 18.6. The van der Waals surface area contributed by atoms with Crippen LogP contribution in [0.1, 0.15) is 89.7 Å². The number of nitrogens with zero attached hydrogens (tertiary/aromatic N) is 5. The molecule has 76 heavy (non-hydrogen) atoms. The number of unbranched alkanes of at least 4 members (excludes halogenated alkanes) is 1. The minimum absolute atomic E-state index is 0.00133. The topological polar surface area (TPSA) is 395 Å². The normalized spacial score (nSPS) is 13.3. The molecule has 3 aromatic rings. The van der Waals surface area contributed by atoms with Gasteiger partial charge in [-0.2, -0.15) is 10.2 Å². The van der Waals surface area contributed by atoms with Crippen LogP contribution >= 0.6 is 0 Å². The Labute approximate surface area is 444 Å².